The zero-order valence-electron chi connectivity index (χ0n) is 14.6. The van der Waals surface area contributed by atoms with Crippen LogP contribution in [0.25, 0.3) is 0 Å². The number of unbranched alkanes of at least 4 members (excludes halogenated alkanes) is 2. The largest absolute Gasteiger partial charge is 0.357 e. The molecular weight excluding hydrogens is 403 g/mol. The van der Waals surface area contributed by atoms with Crippen molar-refractivity contribution < 1.29 is 0 Å². The SMILES string of the molecule is CCCCN(C)C(=NCCCCn1ccccc1=O)NCC.I. The maximum Gasteiger partial charge on any atom is 0.250 e. The predicted molar refractivity (Wildman–Crippen MR) is 109 cm³/mol. The lowest BCUT2D eigenvalue weighted by molar-refractivity contribution is 0.464. The molecule has 6 heteroatoms. The van der Waals surface area contributed by atoms with Crippen LogP contribution in [0.5, 0.6) is 0 Å². The number of nitrogens with one attached hydrogen (secondary N) is 1. The molecule has 0 aliphatic rings. The van der Waals surface area contributed by atoms with Crippen LogP contribution >= 0.6 is 24.0 Å². The first-order valence-corrected chi connectivity index (χ1v) is 8.34. The number of pyridine rings is 1. The van der Waals surface area contributed by atoms with Crippen molar-refractivity contribution >= 4 is 29.9 Å². The third-order valence-electron chi connectivity index (χ3n) is 3.51. The monoisotopic (exact) mass is 434 g/mol. The van der Waals surface area contributed by atoms with E-state index < -0.39 is 0 Å². The Morgan fingerprint density at radius 1 is 1.26 bits per heavy atom. The molecule has 0 unspecified atom stereocenters. The van der Waals surface area contributed by atoms with Crippen LogP contribution in [0, 0.1) is 0 Å². The van der Waals surface area contributed by atoms with Crippen LogP contribution < -0.4 is 10.9 Å². The van der Waals surface area contributed by atoms with E-state index in [1.807, 2.05) is 12.3 Å². The lowest BCUT2D eigenvalue weighted by atomic mass is 10.3. The molecule has 0 fully saturated rings. The molecule has 23 heavy (non-hydrogen) atoms. The highest BCUT2D eigenvalue weighted by Crippen LogP contribution is 1.97. The summed E-state index contributed by atoms with van der Waals surface area (Å²) in [6.45, 7) is 7.75. The molecule has 5 nitrogen and oxygen atoms in total. The molecule has 1 heterocycles. The number of rotatable bonds is 9. The number of hydrogen-bond donors (Lipinski definition) is 1. The Kier molecular flexibility index (Phi) is 12.8. The van der Waals surface area contributed by atoms with Gasteiger partial charge in [-0.05, 0) is 32.3 Å². The van der Waals surface area contributed by atoms with E-state index in [1.54, 1.807) is 16.7 Å². The average Bonchev–Trinajstić information content (AvgIpc) is 2.53. The normalized spacial score (nSPS) is 11.0. The molecule has 0 aliphatic carbocycles. The highest BCUT2D eigenvalue weighted by Gasteiger charge is 2.04. The molecule has 0 atom stereocenters. The van der Waals surface area contributed by atoms with Crippen molar-refractivity contribution in [1.29, 1.82) is 0 Å². The molecule has 1 aromatic rings. The highest BCUT2D eigenvalue weighted by molar-refractivity contribution is 14.0. The molecule has 0 aliphatic heterocycles. The fourth-order valence-electron chi connectivity index (χ4n) is 2.20. The zero-order chi connectivity index (χ0) is 16.2. The minimum atomic E-state index is 0. The summed E-state index contributed by atoms with van der Waals surface area (Å²) in [6.07, 6.45) is 6.16. The molecule has 0 bridgehead atoms. The van der Waals surface area contributed by atoms with E-state index in [0.717, 1.165) is 45.0 Å². The summed E-state index contributed by atoms with van der Waals surface area (Å²) < 4.78 is 1.75. The van der Waals surface area contributed by atoms with Crippen LogP contribution in [0.1, 0.15) is 39.5 Å². The number of nitrogens with zero attached hydrogens (tertiary/aromatic N) is 3. The Balaban J connectivity index is 0.00000484. The molecule has 1 N–H and O–H groups in total. The van der Waals surface area contributed by atoms with Crippen molar-refractivity contribution in [2.75, 3.05) is 26.7 Å². The summed E-state index contributed by atoms with van der Waals surface area (Å²) in [4.78, 5) is 18.4. The molecule has 132 valence electrons. The van der Waals surface area contributed by atoms with E-state index in [0.29, 0.717) is 0 Å². The first kappa shape index (κ1) is 21.9. The van der Waals surface area contributed by atoms with Crippen molar-refractivity contribution in [3.8, 4) is 0 Å². The van der Waals surface area contributed by atoms with Crippen LogP contribution in [0.15, 0.2) is 34.2 Å². The molecule has 0 saturated heterocycles. The van der Waals surface area contributed by atoms with Gasteiger partial charge < -0.3 is 14.8 Å². The van der Waals surface area contributed by atoms with Gasteiger partial charge >= 0.3 is 0 Å². The van der Waals surface area contributed by atoms with Crippen molar-refractivity contribution in [3.05, 3.63) is 34.7 Å². The number of aliphatic imine (C=N–C) groups is 1. The number of aromatic nitrogens is 1. The van der Waals surface area contributed by atoms with Gasteiger partial charge in [0.2, 0.25) is 5.56 Å². The molecule has 1 aromatic heterocycles. The number of halogens is 1. The van der Waals surface area contributed by atoms with Crippen LogP contribution in [-0.2, 0) is 6.54 Å². The summed E-state index contributed by atoms with van der Waals surface area (Å²) in [5.41, 5.74) is 0.0682. The fourth-order valence-corrected chi connectivity index (χ4v) is 2.20. The van der Waals surface area contributed by atoms with Gasteiger partial charge in [-0.15, -0.1) is 24.0 Å². The number of guanidine groups is 1. The summed E-state index contributed by atoms with van der Waals surface area (Å²) in [7, 11) is 2.08. The number of hydrogen-bond acceptors (Lipinski definition) is 2. The first-order chi connectivity index (χ1) is 10.7. The van der Waals surface area contributed by atoms with E-state index in [4.69, 9.17) is 0 Å². The lowest BCUT2D eigenvalue weighted by Gasteiger charge is -2.21. The van der Waals surface area contributed by atoms with Gasteiger partial charge in [0.1, 0.15) is 0 Å². The second-order valence-corrected chi connectivity index (χ2v) is 5.45. The Bertz CT molecular complexity index is 501. The minimum absolute atomic E-state index is 0. The Hall–Kier alpha value is -1.05. The molecule has 0 spiro atoms. The van der Waals surface area contributed by atoms with Crippen molar-refractivity contribution in [1.82, 2.24) is 14.8 Å². The molecule has 0 saturated carbocycles. The second-order valence-electron chi connectivity index (χ2n) is 5.45. The van der Waals surface area contributed by atoms with Gasteiger partial charge in [-0.2, -0.15) is 0 Å². The van der Waals surface area contributed by atoms with Gasteiger partial charge in [0.25, 0.3) is 0 Å². The number of aryl methyl sites for hydroxylation is 1. The maximum absolute atomic E-state index is 11.6. The zero-order valence-corrected chi connectivity index (χ0v) is 17.0. The smallest absolute Gasteiger partial charge is 0.250 e. The van der Waals surface area contributed by atoms with Crippen molar-refractivity contribution in [2.24, 2.45) is 4.99 Å². The van der Waals surface area contributed by atoms with Gasteiger partial charge in [0.05, 0.1) is 0 Å². The third-order valence-corrected chi connectivity index (χ3v) is 3.51. The molecule has 1 rings (SSSR count). The van der Waals surface area contributed by atoms with Gasteiger partial charge in [-0.3, -0.25) is 9.79 Å². The molecule has 0 radical (unpaired) electrons. The van der Waals surface area contributed by atoms with Crippen LogP contribution in [-0.4, -0.2) is 42.1 Å². The van der Waals surface area contributed by atoms with Crippen LogP contribution in [0.2, 0.25) is 0 Å². The average molecular weight is 434 g/mol. The van der Waals surface area contributed by atoms with Gasteiger partial charge in [0, 0.05) is 45.5 Å². The predicted octanol–water partition coefficient (Wildman–Crippen LogP) is 2.94. The quantitative estimate of drug-likeness (QED) is 0.282. The van der Waals surface area contributed by atoms with E-state index in [2.05, 4.69) is 36.1 Å². The van der Waals surface area contributed by atoms with E-state index in [9.17, 15) is 4.79 Å². The third kappa shape index (κ3) is 8.98. The van der Waals surface area contributed by atoms with E-state index in [1.165, 1.54) is 12.8 Å². The van der Waals surface area contributed by atoms with Crippen molar-refractivity contribution in [3.63, 3.8) is 0 Å². The lowest BCUT2D eigenvalue weighted by Crippen LogP contribution is -2.39. The summed E-state index contributed by atoms with van der Waals surface area (Å²) in [5.74, 6) is 0.979. The van der Waals surface area contributed by atoms with Gasteiger partial charge in [0.15, 0.2) is 5.96 Å². The molecule has 0 aromatic carbocycles. The van der Waals surface area contributed by atoms with Gasteiger partial charge in [-0.1, -0.05) is 19.4 Å². The Morgan fingerprint density at radius 3 is 2.70 bits per heavy atom. The summed E-state index contributed by atoms with van der Waals surface area (Å²) >= 11 is 0. The standard InChI is InChI=1S/C17H30N4O.HI/c1-4-6-13-20(3)17(18-5-2)19-12-8-10-15-21-14-9-7-11-16(21)22;/h7,9,11,14H,4-6,8,10,12-13,15H2,1-3H3,(H,18,19);1H. The topological polar surface area (TPSA) is 49.6 Å². The Morgan fingerprint density at radius 2 is 2.04 bits per heavy atom. The minimum Gasteiger partial charge on any atom is -0.357 e. The Labute approximate surface area is 157 Å². The van der Waals surface area contributed by atoms with E-state index in [-0.39, 0.29) is 29.5 Å². The van der Waals surface area contributed by atoms with E-state index >= 15 is 0 Å². The van der Waals surface area contributed by atoms with Crippen LogP contribution in [0.3, 0.4) is 0 Å². The first-order valence-electron chi connectivity index (χ1n) is 8.34. The highest BCUT2D eigenvalue weighted by atomic mass is 127. The van der Waals surface area contributed by atoms with Crippen molar-refractivity contribution in [2.45, 2.75) is 46.1 Å². The molecule has 0 amide bonds. The van der Waals surface area contributed by atoms with Crippen LogP contribution in [0.4, 0.5) is 0 Å². The maximum atomic E-state index is 11.6. The summed E-state index contributed by atoms with van der Waals surface area (Å²) in [6, 6.07) is 5.27. The summed E-state index contributed by atoms with van der Waals surface area (Å²) in [5, 5.41) is 3.33. The fraction of sp³-hybridized carbons (Fsp3) is 0.647. The second kappa shape index (κ2) is 13.4. The molecular formula is C17H31IN4O. The van der Waals surface area contributed by atoms with Gasteiger partial charge in [-0.25, -0.2) is 0 Å².